The number of benzene rings is 2. The van der Waals surface area contributed by atoms with Crippen molar-refractivity contribution in [3.05, 3.63) is 82.9 Å². The molecule has 0 heteroatoms. The highest BCUT2D eigenvalue weighted by molar-refractivity contribution is 5.75. The standard InChI is InChI=1S/C23H28/c1-17(2)22(16-20-12-8-6-9-13-20)23(18(3)4)19(5)21-14-10-7-11-15-21/h6-18H,1-5H3. The summed E-state index contributed by atoms with van der Waals surface area (Å²) in [6.45, 7) is 11.4. The Balaban J connectivity index is 2.59. The first-order valence-electron chi connectivity index (χ1n) is 8.54. The van der Waals surface area contributed by atoms with Crippen LogP contribution in [-0.2, 0) is 0 Å². The maximum absolute atomic E-state index is 2.35. The van der Waals surface area contributed by atoms with Crippen LogP contribution in [0.4, 0.5) is 0 Å². The van der Waals surface area contributed by atoms with E-state index in [9.17, 15) is 0 Å². The Bertz CT molecular complexity index is 670. The third-order valence-electron chi connectivity index (χ3n) is 4.24. The highest BCUT2D eigenvalue weighted by Gasteiger charge is 2.17. The molecule has 120 valence electrons. The Morgan fingerprint density at radius 1 is 0.739 bits per heavy atom. The normalized spacial score (nSPS) is 13.4. The lowest BCUT2D eigenvalue weighted by Gasteiger charge is -2.23. The minimum atomic E-state index is 0.492. The average Bonchev–Trinajstić information content (AvgIpc) is 2.55. The zero-order valence-corrected chi connectivity index (χ0v) is 15.0. The van der Waals surface area contributed by atoms with Gasteiger partial charge in [0, 0.05) is 0 Å². The zero-order chi connectivity index (χ0) is 16.8. The lowest BCUT2D eigenvalue weighted by atomic mass is 9.82. The molecule has 0 nitrogen and oxygen atoms in total. The van der Waals surface area contributed by atoms with Crippen LogP contribution in [0, 0.1) is 11.8 Å². The van der Waals surface area contributed by atoms with Gasteiger partial charge in [-0.25, -0.2) is 0 Å². The van der Waals surface area contributed by atoms with Crippen molar-refractivity contribution in [3.8, 4) is 0 Å². The van der Waals surface area contributed by atoms with Crippen LogP contribution >= 0.6 is 0 Å². The fourth-order valence-corrected chi connectivity index (χ4v) is 3.11. The molecule has 0 aromatic heterocycles. The maximum atomic E-state index is 2.35. The SMILES string of the molecule is CC(=C(C(=Cc1ccccc1)C(C)C)C(C)C)c1ccccc1. The summed E-state index contributed by atoms with van der Waals surface area (Å²) in [6.07, 6.45) is 2.35. The van der Waals surface area contributed by atoms with Crippen LogP contribution in [0.25, 0.3) is 11.6 Å². The molecule has 0 aliphatic rings. The topological polar surface area (TPSA) is 0 Å². The molecule has 2 aromatic rings. The molecule has 0 heterocycles. The molecule has 0 atom stereocenters. The molecule has 0 saturated heterocycles. The Hall–Kier alpha value is -2.08. The smallest absolute Gasteiger partial charge is 0.0213 e. The van der Waals surface area contributed by atoms with Crippen LogP contribution < -0.4 is 0 Å². The van der Waals surface area contributed by atoms with Crippen molar-refractivity contribution in [2.75, 3.05) is 0 Å². The minimum Gasteiger partial charge on any atom is -0.0622 e. The van der Waals surface area contributed by atoms with E-state index in [-0.39, 0.29) is 0 Å². The summed E-state index contributed by atoms with van der Waals surface area (Å²) in [6, 6.07) is 21.4. The monoisotopic (exact) mass is 304 g/mol. The third kappa shape index (κ3) is 4.45. The van der Waals surface area contributed by atoms with Crippen molar-refractivity contribution in [2.24, 2.45) is 11.8 Å². The molecule has 0 fully saturated rings. The van der Waals surface area contributed by atoms with E-state index >= 15 is 0 Å². The van der Waals surface area contributed by atoms with Gasteiger partial charge in [-0.2, -0.15) is 0 Å². The van der Waals surface area contributed by atoms with Gasteiger partial charge in [-0.3, -0.25) is 0 Å². The highest BCUT2D eigenvalue weighted by Crippen LogP contribution is 2.34. The summed E-state index contributed by atoms with van der Waals surface area (Å²) in [4.78, 5) is 0. The van der Waals surface area contributed by atoms with Gasteiger partial charge in [0.1, 0.15) is 0 Å². The zero-order valence-electron chi connectivity index (χ0n) is 15.0. The molecule has 0 radical (unpaired) electrons. The Labute approximate surface area is 141 Å². The summed E-state index contributed by atoms with van der Waals surface area (Å²) in [5.41, 5.74) is 6.88. The van der Waals surface area contributed by atoms with Crippen molar-refractivity contribution in [3.63, 3.8) is 0 Å². The molecule has 0 unspecified atom stereocenters. The summed E-state index contributed by atoms with van der Waals surface area (Å²) < 4.78 is 0. The second-order valence-electron chi connectivity index (χ2n) is 6.72. The highest BCUT2D eigenvalue weighted by atomic mass is 14.2. The van der Waals surface area contributed by atoms with Crippen LogP contribution in [0.5, 0.6) is 0 Å². The molecule has 0 aliphatic carbocycles. The minimum absolute atomic E-state index is 0.492. The molecular formula is C23H28. The van der Waals surface area contributed by atoms with E-state index in [2.05, 4.69) is 101 Å². The van der Waals surface area contributed by atoms with Crippen molar-refractivity contribution >= 4 is 11.6 Å². The molecule has 0 spiro atoms. The Morgan fingerprint density at radius 2 is 1.26 bits per heavy atom. The molecule has 23 heavy (non-hydrogen) atoms. The van der Waals surface area contributed by atoms with E-state index in [0.29, 0.717) is 11.8 Å². The van der Waals surface area contributed by atoms with Gasteiger partial charge in [-0.15, -0.1) is 0 Å². The lowest BCUT2D eigenvalue weighted by molar-refractivity contribution is 0.707. The number of allylic oxidation sites excluding steroid dienone is 3. The maximum Gasteiger partial charge on any atom is -0.0213 e. The number of rotatable bonds is 5. The van der Waals surface area contributed by atoms with Crippen LogP contribution in [0.15, 0.2) is 71.8 Å². The summed E-state index contributed by atoms with van der Waals surface area (Å²) >= 11 is 0. The van der Waals surface area contributed by atoms with E-state index in [0.717, 1.165) is 0 Å². The first-order chi connectivity index (χ1) is 11.0. The van der Waals surface area contributed by atoms with Crippen molar-refractivity contribution in [2.45, 2.75) is 34.6 Å². The molecule has 0 aliphatic heterocycles. The predicted molar refractivity (Wildman–Crippen MR) is 103 cm³/mol. The van der Waals surface area contributed by atoms with Crippen molar-refractivity contribution in [1.29, 1.82) is 0 Å². The quantitative estimate of drug-likeness (QED) is 0.529. The second-order valence-corrected chi connectivity index (χ2v) is 6.72. The fourth-order valence-electron chi connectivity index (χ4n) is 3.11. The summed E-state index contributed by atoms with van der Waals surface area (Å²) in [5.74, 6) is 0.985. The average molecular weight is 304 g/mol. The van der Waals surface area contributed by atoms with Crippen LogP contribution in [-0.4, -0.2) is 0 Å². The van der Waals surface area contributed by atoms with Gasteiger partial charge < -0.3 is 0 Å². The van der Waals surface area contributed by atoms with E-state index in [4.69, 9.17) is 0 Å². The van der Waals surface area contributed by atoms with Crippen molar-refractivity contribution in [1.82, 2.24) is 0 Å². The first-order valence-corrected chi connectivity index (χ1v) is 8.54. The van der Waals surface area contributed by atoms with Gasteiger partial charge >= 0.3 is 0 Å². The molecule has 2 aromatic carbocycles. The van der Waals surface area contributed by atoms with Gasteiger partial charge in [-0.05, 0) is 46.6 Å². The van der Waals surface area contributed by atoms with Gasteiger partial charge in [0.25, 0.3) is 0 Å². The summed E-state index contributed by atoms with van der Waals surface area (Å²) in [7, 11) is 0. The van der Waals surface area contributed by atoms with E-state index in [1.807, 2.05) is 0 Å². The van der Waals surface area contributed by atoms with E-state index in [1.54, 1.807) is 0 Å². The Morgan fingerprint density at radius 3 is 1.74 bits per heavy atom. The van der Waals surface area contributed by atoms with Gasteiger partial charge in [0.15, 0.2) is 0 Å². The van der Waals surface area contributed by atoms with Gasteiger partial charge in [-0.1, -0.05) is 94.4 Å². The van der Waals surface area contributed by atoms with E-state index < -0.39 is 0 Å². The van der Waals surface area contributed by atoms with E-state index in [1.165, 1.54) is 27.8 Å². The van der Waals surface area contributed by atoms with Gasteiger partial charge in [0.05, 0.1) is 0 Å². The van der Waals surface area contributed by atoms with Gasteiger partial charge in [0.2, 0.25) is 0 Å². The molecule has 0 saturated carbocycles. The third-order valence-corrected chi connectivity index (χ3v) is 4.24. The van der Waals surface area contributed by atoms with Crippen LogP contribution in [0.1, 0.15) is 45.7 Å². The fraction of sp³-hybridized carbons (Fsp3) is 0.304. The number of hydrogen-bond acceptors (Lipinski definition) is 0. The second kappa shape index (κ2) is 7.97. The molecule has 0 bridgehead atoms. The Kier molecular flexibility index (Phi) is 5.98. The molecule has 2 rings (SSSR count). The summed E-state index contributed by atoms with van der Waals surface area (Å²) in [5, 5.41) is 0. The van der Waals surface area contributed by atoms with Crippen LogP contribution in [0.3, 0.4) is 0 Å². The first kappa shape index (κ1) is 17.3. The van der Waals surface area contributed by atoms with Crippen molar-refractivity contribution < 1.29 is 0 Å². The number of hydrogen-bond donors (Lipinski definition) is 0. The van der Waals surface area contributed by atoms with Crippen LogP contribution in [0.2, 0.25) is 0 Å². The predicted octanol–water partition coefficient (Wildman–Crippen LogP) is 6.86. The molecule has 0 N–H and O–H groups in total. The molecular weight excluding hydrogens is 276 g/mol. The lowest BCUT2D eigenvalue weighted by Crippen LogP contribution is -2.07. The molecule has 0 amide bonds. The largest absolute Gasteiger partial charge is 0.0622 e.